The second-order valence-corrected chi connectivity index (χ2v) is 7.53. The van der Waals surface area contributed by atoms with Crippen molar-refractivity contribution in [2.75, 3.05) is 13.1 Å². The summed E-state index contributed by atoms with van der Waals surface area (Å²) in [7, 11) is 0. The predicted molar refractivity (Wildman–Crippen MR) is 102 cm³/mol. The number of ether oxygens (including phenoxy) is 1. The number of aromatic nitrogens is 2. The molecule has 1 spiro atoms. The molecule has 1 saturated heterocycles. The van der Waals surface area contributed by atoms with Crippen LogP contribution in [0.2, 0.25) is 0 Å². The molecule has 7 heteroatoms. The van der Waals surface area contributed by atoms with E-state index in [-0.39, 0.29) is 17.2 Å². The Labute approximate surface area is 162 Å². The van der Waals surface area contributed by atoms with Crippen molar-refractivity contribution in [3.05, 3.63) is 58.0 Å². The lowest BCUT2D eigenvalue weighted by molar-refractivity contribution is -0.131. The van der Waals surface area contributed by atoms with E-state index in [4.69, 9.17) is 4.74 Å². The number of H-pyrrole nitrogens is 1. The van der Waals surface area contributed by atoms with E-state index in [1.54, 1.807) is 6.07 Å². The number of rotatable bonds is 3. The number of likely N-dealkylation sites (tertiary alicyclic amines) is 1. The van der Waals surface area contributed by atoms with Gasteiger partial charge in [0.15, 0.2) is 5.78 Å². The van der Waals surface area contributed by atoms with Crippen LogP contribution in [0.1, 0.15) is 48.2 Å². The van der Waals surface area contributed by atoms with E-state index in [0.717, 1.165) is 12.8 Å². The zero-order valence-corrected chi connectivity index (χ0v) is 15.6. The molecule has 0 saturated carbocycles. The van der Waals surface area contributed by atoms with Crippen LogP contribution in [-0.2, 0) is 11.2 Å². The summed E-state index contributed by atoms with van der Waals surface area (Å²) in [6.45, 7) is 1.24. The van der Waals surface area contributed by atoms with Gasteiger partial charge in [-0.1, -0.05) is 12.1 Å². The number of hydrogen-bond donors (Lipinski definition) is 1. The monoisotopic (exact) mass is 381 g/mol. The molecule has 1 amide bonds. The number of carbonyl (C=O) groups excluding carboxylic acids is 2. The molecule has 2 aliphatic rings. The highest BCUT2D eigenvalue weighted by molar-refractivity contribution is 6.00. The predicted octanol–water partition coefficient (Wildman–Crippen LogP) is 2.12. The van der Waals surface area contributed by atoms with E-state index in [1.165, 1.54) is 6.07 Å². The van der Waals surface area contributed by atoms with Gasteiger partial charge in [-0.3, -0.25) is 14.4 Å². The van der Waals surface area contributed by atoms with Gasteiger partial charge in [0.25, 0.3) is 5.56 Å². The molecule has 2 aromatic rings. The molecule has 1 N–H and O–H groups in total. The number of fused-ring (bicyclic) bond motifs is 1. The minimum atomic E-state index is -0.513. The lowest BCUT2D eigenvalue weighted by atomic mass is 9.84. The van der Waals surface area contributed by atoms with Gasteiger partial charge >= 0.3 is 0 Å². The summed E-state index contributed by atoms with van der Waals surface area (Å²) in [5, 5.41) is 6.33. The second kappa shape index (κ2) is 7.58. The zero-order valence-electron chi connectivity index (χ0n) is 15.6. The van der Waals surface area contributed by atoms with Crippen LogP contribution < -0.4 is 10.3 Å². The largest absolute Gasteiger partial charge is 0.486 e. The zero-order chi connectivity index (χ0) is 19.6. The van der Waals surface area contributed by atoms with Gasteiger partial charge in [-0.2, -0.15) is 5.10 Å². The molecule has 1 unspecified atom stereocenters. The number of Topliss-reactive ketones (excluding diaryl/α,β-unsaturated/α-hetero) is 1. The quantitative estimate of drug-likeness (QED) is 0.879. The van der Waals surface area contributed by atoms with Gasteiger partial charge in [0.2, 0.25) is 5.91 Å². The fourth-order valence-corrected chi connectivity index (χ4v) is 4.04. The van der Waals surface area contributed by atoms with Gasteiger partial charge in [-0.15, -0.1) is 0 Å². The Morgan fingerprint density at radius 1 is 1.14 bits per heavy atom. The Morgan fingerprint density at radius 3 is 2.82 bits per heavy atom. The number of benzene rings is 1. The number of aryl methyl sites for hydroxylation is 1. The highest BCUT2D eigenvalue weighted by Crippen LogP contribution is 2.39. The molecule has 146 valence electrons. The first kappa shape index (κ1) is 18.4. The van der Waals surface area contributed by atoms with Crippen molar-refractivity contribution in [2.45, 2.75) is 44.1 Å². The van der Waals surface area contributed by atoms with Gasteiger partial charge in [-0.25, -0.2) is 5.10 Å². The highest BCUT2D eigenvalue weighted by atomic mass is 16.5. The molecular weight excluding hydrogens is 358 g/mol. The minimum absolute atomic E-state index is 0.0626. The van der Waals surface area contributed by atoms with Crippen LogP contribution in [0.15, 0.2) is 41.2 Å². The standard InChI is InChI=1S/C21H23N3O4/c25-17-14-21(28-18-5-2-1-4-16(17)18)10-3-12-24(13-11-21)20(27)9-7-15-6-8-19(26)23-22-15/h1-2,4-6,8H,3,7,9-14H2,(H,23,26). The normalized spacial score (nSPS) is 21.7. The Bertz CT molecular complexity index is 934. The average Bonchev–Trinajstić information content (AvgIpc) is 2.90. The summed E-state index contributed by atoms with van der Waals surface area (Å²) in [5.41, 5.74) is 0.577. The Morgan fingerprint density at radius 2 is 2.00 bits per heavy atom. The van der Waals surface area contributed by atoms with Gasteiger partial charge in [0, 0.05) is 38.4 Å². The van der Waals surface area contributed by atoms with Crippen molar-refractivity contribution >= 4 is 11.7 Å². The van der Waals surface area contributed by atoms with Crippen LogP contribution in [0.25, 0.3) is 0 Å². The number of ketones is 1. The molecular formula is C21H23N3O4. The van der Waals surface area contributed by atoms with E-state index >= 15 is 0 Å². The number of nitrogens with one attached hydrogen (secondary N) is 1. The van der Waals surface area contributed by atoms with Crippen LogP contribution in [0, 0.1) is 0 Å². The lowest BCUT2D eigenvalue weighted by Crippen LogP contribution is -2.43. The maximum Gasteiger partial charge on any atom is 0.264 e. The molecule has 1 aromatic heterocycles. The fourth-order valence-electron chi connectivity index (χ4n) is 4.04. The molecule has 0 aliphatic carbocycles. The molecule has 0 bridgehead atoms. The number of carbonyl (C=O) groups is 2. The number of hydrogen-bond acceptors (Lipinski definition) is 5. The lowest BCUT2D eigenvalue weighted by Gasteiger charge is -2.37. The molecule has 0 radical (unpaired) electrons. The van der Waals surface area contributed by atoms with Crippen molar-refractivity contribution in [3.8, 4) is 5.75 Å². The molecule has 2 aliphatic heterocycles. The number of nitrogens with zero attached hydrogens (tertiary/aromatic N) is 2. The summed E-state index contributed by atoms with van der Waals surface area (Å²) in [6.07, 6.45) is 3.41. The SMILES string of the molecule is O=C1CC2(CCCN(C(=O)CCc3ccc(=O)[nH]n3)CC2)Oc2ccccc21. The summed E-state index contributed by atoms with van der Waals surface area (Å²) >= 11 is 0. The third kappa shape index (κ3) is 3.83. The maximum atomic E-state index is 12.6. The van der Waals surface area contributed by atoms with Crippen molar-refractivity contribution < 1.29 is 14.3 Å². The summed E-state index contributed by atoms with van der Waals surface area (Å²) < 4.78 is 6.28. The van der Waals surface area contributed by atoms with Crippen LogP contribution in [0.5, 0.6) is 5.75 Å². The van der Waals surface area contributed by atoms with E-state index in [0.29, 0.717) is 55.8 Å². The third-order valence-corrected chi connectivity index (χ3v) is 5.58. The number of amides is 1. The Kier molecular flexibility index (Phi) is 4.98. The van der Waals surface area contributed by atoms with Gasteiger partial charge in [0.1, 0.15) is 11.4 Å². The van der Waals surface area contributed by atoms with Gasteiger partial charge < -0.3 is 9.64 Å². The van der Waals surface area contributed by atoms with Crippen LogP contribution in [-0.4, -0.2) is 45.5 Å². The van der Waals surface area contributed by atoms with E-state index in [9.17, 15) is 14.4 Å². The minimum Gasteiger partial charge on any atom is -0.486 e. The van der Waals surface area contributed by atoms with E-state index in [2.05, 4.69) is 10.2 Å². The van der Waals surface area contributed by atoms with Crippen LogP contribution in [0.3, 0.4) is 0 Å². The summed E-state index contributed by atoms with van der Waals surface area (Å²) in [5.74, 6) is 0.834. The van der Waals surface area contributed by atoms with Crippen molar-refractivity contribution in [1.82, 2.24) is 15.1 Å². The van der Waals surface area contributed by atoms with Crippen LogP contribution in [0.4, 0.5) is 0 Å². The van der Waals surface area contributed by atoms with Gasteiger partial charge in [-0.05, 0) is 31.0 Å². The first-order valence-corrected chi connectivity index (χ1v) is 9.68. The second-order valence-electron chi connectivity index (χ2n) is 7.53. The Balaban J connectivity index is 1.38. The van der Waals surface area contributed by atoms with Crippen molar-refractivity contribution in [1.29, 1.82) is 0 Å². The molecule has 1 atom stereocenters. The maximum absolute atomic E-state index is 12.6. The van der Waals surface area contributed by atoms with Crippen molar-refractivity contribution in [3.63, 3.8) is 0 Å². The van der Waals surface area contributed by atoms with Crippen molar-refractivity contribution in [2.24, 2.45) is 0 Å². The topological polar surface area (TPSA) is 92.4 Å². The average molecular weight is 381 g/mol. The molecule has 4 rings (SSSR count). The van der Waals surface area contributed by atoms with Gasteiger partial charge in [0.05, 0.1) is 17.7 Å². The first-order chi connectivity index (χ1) is 13.5. The number of aromatic amines is 1. The molecule has 7 nitrogen and oxygen atoms in total. The molecule has 1 aromatic carbocycles. The summed E-state index contributed by atoms with van der Waals surface area (Å²) in [6, 6.07) is 10.4. The Hall–Kier alpha value is -2.96. The molecule has 28 heavy (non-hydrogen) atoms. The molecule has 3 heterocycles. The smallest absolute Gasteiger partial charge is 0.264 e. The third-order valence-electron chi connectivity index (χ3n) is 5.58. The van der Waals surface area contributed by atoms with Crippen LogP contribution >= 0.6 is 0 Å². The molecule has 1 fully saturated rings. The fraction of sp³-hybridized carbons (Fsp3) is 0.429. The van der Waals surface area contributed by atoms with E-state index in [1.807, 2.05) is 29.2 Å². The first-order valence-electron chi connectivity index (χ1n) is 9.68. The summed E-state index contributed by atoms with van der Waals surface area (Å²) in [4.78, 5) is 38.1. The van der Waals surface area contributed by atoms with E-state index < -0.39 is 5.60 Å². The number of para-hydroxylation sites is 1. The highest BCUT2D eigenvalue weighted by Gasteiger charge is 2.41.